The molecule has 0 heterocycles. The smallest absolute Gasteiger partial charge is 0.305 e. The Balaban J connectivity index is 3.16. The van der Waals surface area contributed by atoms with Crippen LogP contribution in [0.15, 0.2) is 0 Å². The van der Waals surface area contributed by atoms with Gasteiger partial charge in [0.25, 0.3) is 0 Å². The minimum absolute atomic E-state index is 0.0239. The van der Waals surface area contributed by atoms with E-state index in [9.17, 15) is 4.79 Å². The summed E-state index contributed by atoms with van der Waals surface area (Å²) in [6.07, 6.45) is 32.9. The van der Waals surface area contributed by atoms with Gasteiger partial charge in [0, 0.05) is 6.42 Å². The molecule has 2 heteroatoms. The molecular formula is C33H66O2. The van der Waals surface area contributed by atoms with Gasteiger partial charge in [0.15, 0.2) is 0 Å². The van der Waals surface area contributed by atoms with Crippen LogP contribution in [0.4, 0.5) is 0 Å². The molecule has 0 unspecified atom stereocenters. The maximum atomic E-state index is 11.9. The van der Waals surface area contributed by atoms with Gasteiger partial charge in [-0.05, 0) is 24.7 Å². The van der Waals surface area contributed by atoms with Gasteiger partial charge in [-0.25, -0.2) is 0 Å². The maximum Gasteiger partial charge on any atom is 0.305 e. The number of rotatable bonds is 28. The second kappa shape index (κ2) is 28.0. The highest BCUT2D eigenvalue weighted by molar-refractivity contribution is 5.69. The van der Waals surface area contributed by atoms with Gasteiger partial charge in [-0.2, -0.15) is 0 Å². The van der Waals surface area contributed by atoms with Crippen molar-refractivity contribution in [3.8, 4) is 0 Å². The lowest BCUT2D eigenvalue weighted by Crippen LogP contribution is -2.05. The van der Waals surface area contributed by atoms with Gasteiger partial charge in [-0.15, -0.1) is 0 Å². The summed E-state index contributed by atoms with van der Waals surface area (Å²) < 4.78 is 5.42. The van der Waals surface area contributed by atoms with E-state index >= 15 is 0 Å². The Kier molecular flexibility index (Phi) is 27.6. The molecule has 0 atom stereocenters. The lowest BCUT2D eigenvalue weighted by Gasteiger charge is -2.06. The van der Waals surface area contributed by atoms with Gasteiger partial charge in [0.1, 0.15) is 0 Å². The largest absolute Gasteiger partial charge is 0.466 e. The number of ether oxygens (including phenoxy) is 1. The quantitative estimate of drug-likeness (QED) is 0.0798. The Morgan fingerprint density at radius 2 is 0.714 bits per heavy atom. The van der Waals surface area contributed by atoms with E-state index in [0.717, 1.165) is 24.7 Å². The van der Waals surface area contributed by atoms with Crippen LogP contribution in [0, 0.1) is 11.8 Å². The first-order valence-electron chi connectivity index (χ1n) is 16.2. The number of carbonyl (C=O) groups is 1. The van der Waals surface area contributed by atoms with E-state index in [0.29, 0.717) is 13.0 Å². The monoisotopic (exact) mass is 495 g/mol. The molecule has 0 aromatic heterocycles. The zero-order valence-electron chi connectivity index (χ0n) is 24.9. The Morgan fingerprint density at radius 3 is 1.06 bits per heavy atom. The van der Waals surface area contributed by atoms with Gasteiger partial charge in [-0.3, -0.25) is 4.79 Å². The highest BCUT2D eigenvalue weighted by Gasteiger charge is 2.03. The summed E-state index contributed by atoms with van der Waals surface area (Å²) in [5, 5.41) is 0. The van der Waals surface area contributed by atoms with Gasteiger partial charge < -0.3 is 4.74 Å². The molecule has 0 spiro atoms. The highest BCUT2D eigenvalue weighted by Crippen LogP contribution is 2.15. The van der Waals surface area contributed by atoms with Crippen molar-refractivity contribution in [3.63, 3.8) is 0 Å². The first-order valence-corrected chi connectivity index (χ1v) is 16.2. The molecule has 0 amide bonds. The SMILES string of the molecule is CC(C)CCCCCCCCCCCCCCC(=O)OCCCCCCCCCCCCC(C)C. The molecule has 0 bridgehead atoms. The molecular weight excluding hydrogens is 428 g/mol. The Hall–Kier alpha value is -0.530. The minimum atomic E-state index is 0.0239. The van der Waals surface area contributed by atoms with E-state index in [-0.39, 0.29) is 5.97 Å². The molecule has 210 valence electrons. The average molecular weight is 495 g/mol. The van der Waals surface area contributed by atoms with Crippen LogP contribution in [-0.2, 0) is 9.53 Å². The molecule has 0 rings (SSSR count). The fraction of sp³-hybridized carbons (Fsp3) is 0.970. The molecule has 0 saturated heterocycles. The number of esters is 1. The van der Waals surface area contributed by atoms with Crippen LogP contribution < -0.4 is 0 Å². The van der Waals surface area contributed by atoms with Crippen LogP contribution in [-0.4, -0.2) is 12.6 Å². The van der Waals surface area contributed by atoms with Crippen LogP contribution in [0.25, 0.3) is 0 Å². The molecule has 0 fully saturated rings. The lowest BCUT2D eigenvalue weighted by molar-refractivity contribution is -0.143. The summed E-state index contributed by atoms with van der Waals surface area (Å²) in [6.45, 7) is 9.93. The summed E-state index contributed by atoms with van der Waals surface area (Å²) in [6, 6.07) is 0. The lowest BCUT2D eigenvalue weighted by atomic mass is 10.0. The third-order valence-electron chi connectivity index (χ3n) is 7.35. The summed E-state index contributed by atoms with van der Waals surface area (Å²) in [5.41, 5.74) is 0. The first kappa shape index (κ1) is 34.5. The van der Waals surface area contributed by atoms with Gasteiger partial charge >= 0.3 is 5.97 Å². The zero-order chi connectivity index (χ0) is 25.8. The zero-order valence-corrected chi connectivity index (χ0v) is 24.9. The fourth-order valence-electron chi connectivity index (χ4n) is 4.92. The van der Waals surface area contributed by atoms with Crippen molar-refractivity contribution in [3.05, 3.63) is 0 Å². The van der Waals surface area contributed by atoms with Crippen LogP contribution in [0.5, 0.6) is 0 Å². The van der Waals surface area contributed by atoms with Crippen molar-refractivity contribution in [2.45, 2.75) is 188 Å². The normalized spacial score (nSPS) is 11.6. The Bertz CT molecular complexity index is 415. The van der Waals surface area contributed by atoms with Gasteiger partial charge in [0.2, 0.25) is 0 Å². The van der Waals surface area contributed by atoms with Crippen LogP contribution in [0.2, 0.25) is 0 Å². The predicted octanol–water partition coefficient (Wildman–Crippen LogP) is 11.6. The van der Waals surface area contributed by atoms with E-state index in [2.05, 4.69) is 27.7 Å². The molecule has 35 heavy (non-hydrogen) atoms. The highest BCUT2D eigenvalue weighted by atomic mass is 16.5. The summed E-state index contributed by atoms with van der Waals surface area (Å²) >= 11 is 0. The average Bonchev–Trinajstić information content (AvgIpc) is 2.81. The Labute approximate surface area is 222 Å². The van der Waals surface area contributed by atoms with E-state index in [1.807, 2.05) is 0 Å². The topological polar surface area (TPSA) is 26.3 Å². The fourth-order valence-corrected chi connectivity index (χ4v) is 4.92. The summed E-state index contributed by atoms with van der Waals surface area (Å²) in [7, 11) is 0. The third-order valence-corrected chi connectivity index (χ3v) is 7.35. The number of hydrogen-bond donors (Lipinski definition) is 0. The molecule has 0 saturated carbocycles. The molecule has 0 aliphatic rings. The molecule has 0 radical (unpaired) electrons. The van der Waals surface area contributed by atoms with Crippen molar-refractivity contribution in [2.24, 2.45) is 11.8 Å². The third kappa shape index (κ3) is 31.4. The first-order chi connectivity index (χ1) is 17.0. The molecule has 2 nitrogen and oxygen atoms in total. The van der Waals surface area contributed by atoms with Gasteiger partial charge in [-0.1, -0.05) is 169 Å². The van der Waals surface area contributed by atoms with E-state index in [1.165, 1.54) is 141 Å². The number of hydrogen-bond acceptors (Lipinski definition) is 2. The summed E-state index contributed by atoms with van der Waals surface area (Å²) in [4.78, 5) is 11.9. The molecule has 0 aromatic carbocycles. The maximum absolute atomic E-state index is 11.9. The number of carbonyl (C=O) groups excluding carboxylic acids is 1. The Morgan fingerprint density at radius 1 is 0.429 bits per heavy atom. The van der Waals surface area contributed by atoms with E-state index in [4.69, 9.17) is 4.74 Å². The van der Waals surface area contributed by atoms with Crippen molar-refractivity contribution >= 4 is 5.97 Å². The number of unbranched alkanes of at least 4 members (excludes halogenated alkanes) is 20. The van der Waals surface area contributed by atoms with Crippen LogP contribution >= 0.6 is 0 Å². The van der Waals surface area contributed by atoms with Crippen molar-refractivity contribution in [2.75, 3.05) is 6.61 Å². The van der Waals surface area contributed by atoms with Gasteiger partial charge in [0.05, 0.1) is 6.61 Å². The van der Waals surface area contributed by atoms with Crippen LogP contribution in [0.3, 0.4) is 0 Å². The van der Waals surface area contributed by atoms with Crippen molar-refractivity contribution in [1.29, 1.82) is 0 Å². The van der Waals surface area contributed by atoms with E-state index in [1.54, 1.807) is 0 Å². The molecule has 0 aliphatic carbocycles. The second-order valence-corrected chi connectivity index (χ2v) is 12.1. The minimum Gasteiger partial charge on any atom is -0.466 e. The van der Waals surface area contributed by atoms with E-state index < -0.39 is 0 Å². The predicted molar refractivity (Wildman–Crippen MR) is 156 cm³/mol. The molecule has 0 aliphatic heterocycles. The van der Waals surface area contributed by atoms with Crippen LogP contribution in [0.1, 0.15) is 188 Å². The van der Waals surface area contributed by atoms with Crippen molar-refractivity contribution < 1.29 is 9.53 Å². The molecule has 0 aromatic rings. The molecule has 0 N–H and O–H groups in total. The van der Waals surface area contributed by atoms with Crippen molar-refractivity contribution in [1.82, 2.24) is 0 Å². The second-order valence-electron chi connectivity index (χ2n) is 12.1. The standard InChI is InChI=1S/C33H66O2/c1-31(2)27-23-19-15-11-7-5-6-8-13-17-21-25-29-33(34)35-30-26-22-18-14-10-9-12-16-20-24-28-32(3)4/h31-32H,5-30H2,1-4H3. The summed E-state index contributed by atoms with van der Waals surface area (Å²) in [5.74, 6) is 1.76.